The smallest absolute Gasteiger partial charge is 0.263 e. The van der Waals surface area contributed by atoms with E-state index in [0.29, 0.717) is 28.1 Å². The van der Waals surface area contributed by atoms with Crippen molar-refractivity contribution >= 4 is 0 Å². The molecular formula is C29H28N4O2. The second-order valence-corrected chi connectivity index (χ2v) is 8.13. The summed E-state index contributed by atoms with van der Waals surface area (Å²) in [6.45, 7) is 7.98. The molecular weight excluding hydrogens is 436 g/mol. The Morgan fingerprint density at radius 1 is 1.00 bits per heavy atom. The number of hydrogen-bond acceptors (Lipinski definition) is 5. The lowest BCUT2D eigenvalue weighted by Gasteiger charge is -2.27. The molecule has 176 valence electrons. The van der Waals surface area contributed by atoms with Gasteiger partial charge in [0.15, 0.2) is 0 Å². The molecule has 6 nitrogen and oxygen atoms in total. The van der Waals surface area contributed by atoms with E-state index in [4.69, 9.17) is 4.74 Å². The van der Waals surface area contributed by atoms with E-state index in [0.717, 1.165) is 24.3 Å². The molecule has 0 N–H and O–H groups in total. The van der Waals surface area contributed by atoms with Gasteiger partial charge in [0.25, 0.3) is 5.56 Å². The zero-order valence-electron chi connectivity index (χ0n) is 20.2. The molecule has 0 saturated heterocycles. The van der Waals surface area contributed by atoms with Crippen molar-refractivity contribution in [2.75, 3.05) is 13.1 Å². The van der Waals surface area contributed by atoms with Crippen molar-refractivity contribution in [3.8, 4) is 39.9 Å². The van der Waals surface area contributed by atoms with Crippen molar-refractivity contribution < 1.29 is 4.74 Å². The summed E-state index contributed by atoms with van der Waals surface area (Å²) in [7, 11) is 0. The van der Waals surface area contributed by atoms with E-state index in [2.05, 4.69) is 29.8 Å². The van der Waals surface area contributed by atoms with Crippen LogP contribution in [0.1, 0.15) is 26.3 Å². The first-order valence-corrected chi connectivity index (χ1v) is 11.7. The molecule has 4 aromatic rings. The molecule has 0 saturated carbocycles. The highest BCUT2D eigenvalue weighted by Gasteiger charge is 2.16. The monoisotopic (exact) mass is 464 g/mol. The van der Waals surface area contributed by atoms with Crippen molar-refractivity contribution in [1.82, 2.24) is 14.5 Å². The molecule has 0 bridgehead atoms. The minimum Gasteiger partial charge on any atom is -0.475 e. The normalized spacial score (nSPS) is 11.7. The zero-order chi connectivity index (χ0) is 24.8. The fourth-order valence-electron chi connectivity index (χ4n) is 4.17. The van der Waals surface area contributed by atoms with Crippen LogP contribution < -0.4 is 10.3 Å². The second kappa shape index (κ2) is 10.8. The summed E-state index contributed by atoms with van der Waals surface area (Å²) >= 11 is 0. The summed E-state index contributed by atoms with van der Waals surface area (Å²) < 4.78 is 7.78. The SMILES string of the molecule is CCN(CC)C(C)Oc1cccc(-n2cc(-c3ccccn3)cc(-c3ccccc3C#N)c2=O)c1. The molecule has 0 aliphatic heterocycles. The predicted molar refractivity (Wildman–Crippen MR) is 138 cm³/mol. The molecule has 0 amide bonds. The summed E-state index contributed by atoms with van der Waals surface area (Å²) in [5.74, 6) is 0.677. The number of aromatic nitrogens is 2. The third kappa shape index (κ3) is 5.16. The third-order valence-corrected chi connectivity index (χ3v) is 6.04. The summed E-state index contributed by atoms with van der Waals surface area (Å²) in [6.07, 6.45) is 3.40. The molecule has 0 aliphatic rings. The van der Waals surface area contributed by atoms with Gasteiger partial charge in [-0.25, -0.2) is 0 Å². The first kappa shape index (κ1) is 23.9. The summed E-state index contributed by atoms with van der Waals surface area (Å²) in [6, 6.07) is 24.3. The molecule has 1 atom stereocenters. The lowest BCUT2D eigenvalue weighted by atomic mass is 9.99. The van der Waals surface area contributed by atoms with Crippen molar-refractivity contribution in [3.63, 3.8) is 0 Å². The van der Waals surface area contributed by atoms with Crippen LogP contribution in [0.3, 0.4) is 0 Å². The Morgan fingerprint density at radius 3 is 2.49 bits per heavy atom. The quantitative estimate of drug-likeness (QED) is 0.322. The lowest BCUT2D eigenvalue weighted by Crippen LogP contribution is -2.36. The molecule has 2 heterocycles. The van der Waals surface area contributed by atoms with Crippen molar-refractivity contribution in [1.29, 1.82) is 5.26 Å². The van der Waals surface area contributed by atoms with Crippen LogP contribution in [0, 0.1) is 11.3 Å². The average Bonchev–Trinajstić information content (AvgIpc) is 2.90. The van der Waals surface area contributed by atoms with Gasteiger partial charge in [0.2, 0.25) is 0 Å². The molecule has 0 radical (unpaired) electrons. The predicted octanol–water partition coefficient (Wildman–Crippen LogP) is 5.50. The molecule has 0 spiro atoms. The van der Waals surface area contributed by atoms with Crippen molar-refractivity contribution in [2.45, 2.75) is 27.0 Å². The summed E-state index contributed by atoms with van der Waals surface area (Å²) in [5, 5.41) is 9.66. The van der Waals surface area contributed by atoms with Gasteiger partial charge in [-0.15, -0.1) is 0 Å². The highest BCUT2D eigenvalue weighted by atomic mass is 16.5. The van der Waals surface area contributed by atoms with E-state index >= 15 is 0 Å². The standard InChI is InChI=1S/C29H28N4O2/c1-4-32(5-2)21(3)35-25-13-10-12-24(18-25)33-20-23(28-15-8-9-16-31-28)17-27(29(33)34)26-14-7-6-11-22(26)19-30/h6-18,20-21H,4-5H2,1-3H3. The number of nitriles is 1. The van der Waals surface area contributed by atoms with Crippen LogP contribution in [-0.2, 0) is 0 Å². The van der Waals surface area contributed by atoms with Crippen LogP contribution in [0.2, 0.25) is 0 Å². The van der Waals surface area contributed by atoms with E-state index in [1.54, 1.807) is 41.2 Å². The Labute approximate surface area is 205 Å². The second-order valence-electron chi connectivity index (χ2n) is 8.13. The topological polar surface area (TPSA) is 71.2 Å². The van der Waals surface area contributed by atoms with Crippen molar-refractivity contribution in [3.05, 3.63) is 101 Å². The Morgan fingerprint density at radius 2 is 1.77 bits per heavy atom. The molecule has 2 aromatic carbocycles. The summed E-state index contributed by atoms with van der Waals surface area (Å²) in [5.41, 5.74) is 3.44. The van der Waals surface area contributed by atoms with Gasteiger partial charge in [-0.3, -0.25) is 19.2 Å². The number of nitrogens with zero attached hydrogens (tertiary/aromatic N) is 4. The summed E-state index contributed by atoms with van der Waals surface area (Å²) in [4.78, 5) is 20.4. The average molecular weight is 465 g/mol. The van der Waals surface area contributed by atoms with Crippen LogP contribution in [0.15, 0.2) is 90.0 Å². The van der Waals surface area contributed by atoms with Crippen LogP contribution in [0.5, 0.6) is 5.75 Å². The Hall–Kier alpha value is -4.21. The van der Waals surface area contributed by atoms with Gasteiger partial charge in [-0.2, -0.15) is 5.26 Å². The van der Waals surface area contributed by atoms with Gasteiger partial charge in [-0.1, -0.05) is 44.2 Å². The maximum Gasteiger partial charge on any atom is 0.263 e. The Bertz CT molecular complexity index is 1400. The van der Waals surface area contributed by atoms with Gasteiger partial charge in [0.1, 0.15) is 12.0 Å². The molecule has 6 heteroatoms. The van der Waals surface area contributed by atoms with E-state index in [1.165, 1.54) is 0 Å². The molecule has 4 rings (SSSR count). The molecule has 1 unspecified atom stereocenters. The minimum absolute atomic E-state index is 0.102. The number of benzene rings is 2. The van der Waals surface area contributed by atoms with Gasteiger partial charge in [0, 0.05) is 35.2 Å². The Kier molecular flexibility index (Phi) is 7.39. The highest BCUT2D eigenvalue weighted by Crippen LogP contribution is 2.27. The first-order chi connectivity index (χ1) is 17.0. The van der Waals surface area contributed by atoms with Gasteiger partial charge in [0.05, 0.1) is 23.0 Å². The highest BCUT2D eigenvalue weighted by molar-refractivity contribution is 5.74. The van der Waals surface area contributed by atoms with Gasteiger partial charge >= 0.3 is 0 Å². The van der Waals surface area contributed by atoms with E-state index in [-0.39, 0.29) is 11.8 Å². The third-order valence-electron chi connectivity index (χ3n) is 6.04. The van der Waals surface area contributed by atoms with Crippen LogP contribution in [0.25, 0.3) is 28.1 Å². The van der Waals surface area contributed by atoms with Gasteiger partial charge < -0.3 is 4.74 Å². The van der Waals surface area contributed by atoms with Gasteiger partial charge in [-0.05, 0) is 56.4 Å². The maximum atomic E-state index is 13.7. The maximum absolute atomic E-state index is 13.7. The first-order valence-electron chi connectivity index (χ1n) is 11.7. The molecule has 0 fully saturated rings. The fourth-order valence-corrected chi connectivity index (χ4v) is 4.17. The van der Waals surface area contributed by atoms with E-state index < -0.39 is 0 Å². The van der Waals surface area contributed by atoms with Crippen LogP contribution in [0.4, 0.5) is 0 Å². The zero-order valence-corrected chi connectivity index (χ0v) is 20.2. The molecule has 2 aromatic heterocycles. The van der Waals surface area contributed by atoms with Crippen LogP contribution >= 0.6 is 0 Å². The largest absolute Gasteiger partial charge is 0.475 e. The Balaban J connectivity index is 1.87. The van der Waals surface area contributed by atoms with Crippen LogP contribution in [-0.4, -0.2) is 33.8 Å². The fraction of sp³-hybridized carbons (Fsp3) is 0.207. The lowest BCUT2D eigenvalue weighted by molar-refractivity contribution is 0.0481. The van der Waals surface area contributed by atoms with Crippen molar-refractivity contribution in [2.24, 2.45) is 0 Å². The van der Waals surface area contributed by atoms with E-state index in [9.17, 15) is 10.1 Å². The number of hydrogen-bond donors (Lipinski definition) is 0. The molecule has 35 heavy (non-hydrogen) atoms. The van der Waals surface area contributed by atoms with E-state index in [1.807, 2.05) is 55.5 Å². The number of ether oxygens (including phenoxy) is 1. The minimum atomic E-state index is -0.221. The number of rotatable bonds is 8. The molecule has 0 aliphatic carbocycles. The number of pyridine rings is 2.